The average Bonchev–Trinajstić information content (AvgIpc) is 3.24. The zero-order valence-corrected chi connectivity index (χ0v) is 44.7. The van der Waals surface area contributed by atoms with Gasteiger partial charge in [-0.05, 0) is 84.5 Å². The van der Waals surface area contributed by atoms with Crippen molar-refractivity contribution in [2.24, 2.45) is 0 Å². The minimum atomic E-state index is -3.89. The highest BCUT2D eigenvalue weighted by atomic mass is 79.9. The molecule has 0 spiro atoms. The van der Waals surface area contributed by atoms with Gasteiger partial charge in [0.05, 0.1) is 17.1 Å². The van der Waals surface area contributed by atoms with Crippen molar-refractivity contribution in [3.63, 3.8) is 0 Å². The molecule has 0 aliphatic rings. The third kappa shape index (κ3) is 14.6. The summed E-state index contributed by atoms with van der Waals surface area (Å²) in [5, 5.41) is 15.0. The third-order valence-corrected chi connectivity index (χ3v) is 23.4. The number of benzene rings is 5. The minimum absolute atomic E-state index is 0.0154. The molecule has 0 heterocycles. The van der Waals surface area contributed by atoms with Crippen LogP contribution in [0.1, 0.15) is 85.6 Å². The summed E-state index contributed by atoms with van der Waals surface area (Å²) in [6.45, 7) is 24.3. The first kappa shape index (κ1) is 53.4. The van der Waals surface area contributed by atoms with Crippen molar-refractivity contribution in [1.82, 2.24) is 0 Å². The Morgan fingerprint density at radius 2 is 0.922 bits per heavy atom. The normalized spacial score (nSPS) is 13.3. The highest BCUT2D eigenvalue weighted by Crippen LogP contribution is 2.38. The quantitative estimate of drug-likeness (QED) is 0.0448. The van der Waals surface area contributed by atoms with Gasteiger partial charge < -0.3 is 14.0 Å². The van der Waals surface area contributed by atoms with E-state index >= 15 is 0 Å². The molecule has 0 saturated carbocycles. The molecular weight excluding hydrogens is 981 g/mol. The highest BCUT2D eigenvalue weighted by molar-refractivity contribution is 9.12. The third-order valence-electron chi connectivity index (χ3n) is 11.3. The van der Waals surface area contributed by atoms with Crippen molar-refractivity contribution < 1.29 is 26.6 Å². The molecule has 1 N–H and O–H groups in total. The van der Waals surface area contributed by atoms with Crippen LogP contribution in [0.4, 0.5) is 0 Å². The predicted octanol–water partition coefficient (Wildman–Crippen LogP) is 11.7. The molecule has 0 saturated heterocycles. The Balaban J connectivity index is 0.000000295. The van der Waals surface area contributed by atoms with E-state index in [-0.39, 0.29) is 21.1 Å². The first-order valence-corrected chi connectivity index (χ1v) is 28.9. The van der Waals surface area contributed by atoms with Gasteiger partial charge in [-0.25, -0.2) is 0 Å². The van der Waals surface area contributed by atoms with Crippen molar-refractivity contribution in [3.8, 4) is 0 Å². The van der Waals surface area contributed by atoms with Gasteiger partial charge in [0.25, 0.3) is 26.8 Å². The van der Waals surface area contributed by atoms with Gasteiger partial charge in [-0.3, -0.25) is 4.18 Å². The van der Waals surface area contributed by atoms with Crippen molar-refractivity contribution >= 4 is 79.4 Å². The maximum Gasteiger partial charge on any atom is 0.297 e. The number of hydrogen-bond acceptors (Lipinski definition) is 6. The summed E-state index contributed by atoms with van der Waals surface area (Å²) in [4.78, 5) is 0.159. The molecule has 5 aromatic rings. The molecule has 0 aromatic heterocycles. The van der Waals surface area contributed by atoms with Crippen molar-refractivity contribution in [1.29, 1.82) is 0 Å². The zero-order valence-electron chi connectivity index (χ0n) is 38.7. The summed E-state index contributed by atoms with van der Waals surface area (Å²) < 4.78 is 46.9. The smallest absolute Gasteiger partial charge is 0.297 e. The van der Waals surface area contributed by atoms with Gasteiger partial charge in [0, 0.05) is 26.1 Å². The molecular formula is C53H68Br2O6SSi2. The van der Waals surface area contributed by atoms with Crippen LogP contribution < -0.4 is 20.7 Å². The standard InChI is InChI=1S/C30H37BrO4SSi.C23H31BrO2Si/c1-24-18-20-27(21-19-24)36(32,33)35-26(23-25(2)31)13-12-22-34-37(30(3,4)5,28-14-8-6-9-15-28)29-16-10-7-11-17-29;1-19(24)18-20(25)12-11-17-26-27(23(2,3)4,21-13-7-5-8-14-21)22-15-9-6-10-16-22/h6-11,14-21,26H,2,12-13,22-23H2,1,3-5H3;5-10,13-16,20,25H,1,11-12,17-18H2,2-4H3/t26-;20-/m11/s1. The van der Waals surface area contributed by atoms with Gasteiger partial charge >= 0.3 is 0 Å². The van der Waals surface area contributed by atoms with Crippen LogP contribution in [0.15, 0.2) is 173 Å². The van der Waals surface area contributed by atoms with E-state index in [1.165, 1.54) is 20.7 Å². The molecule has 0 unspecified atom stereocenters. The monoisotopic (exact) mass is 1050 g/mol. The maximum absolute atomic E-state index is 12.9. The molecule has 344 valence electrons. The Bertz CT molecular complexity index is 2200. The van der Waals surface area contributed by atoms with Gasteiger partial charge in [0.2, 0.25) is 0 Å². The van der Waals surface area contributed by atoms with Crippen LogP contribution in [0.2, 0.25) is 10.1 Å². The number of hydrogen-bond donors (Lipinski definition) is 1. The number of rotatable bonds is 21. The lowest BCUT2D eigenvalue weighted by Crippen LogP contribution is -2.66. The Morgan fingerprint density at radius 3 is 1.25 bits per heavy atom. The molecule has 0 aliphatic carbocycles. The van der Waals surface area contributed by atoms with E-state index in [9.17, 15) is 13.5 Å². The topological polar surface area (TPSA) is 82.1 Å². The number of aliphatic hydroxyl groups is 1. The number of halogens is 2. The minimum Gasteiger partial charge on any atom is -0.407 e. The number of aryl methyl sites for hydroxylation is 1. The lowest BCUT2D eigenvalue weighted by atomic mass is 10.1. The Labute approximate surface area is 403 Å². The van der Waals surface area contributed by atoms with E-state index in [0.717, 1.165) is 16.5 Å². The van der Waals surface area contributed by atoms with Gasteiger partial charge in [0.15, 0.2) is 0 Å². The molecule has 2 atom stereocenters. The second-order valence-electron chi connectivity index (χ2n) is 18.4. The molecule has 5 rings (SSSR count). The Hall–Kier alpha value is -3.24. The van der Waals surface area contributed by atoms with Crippen LogP contribution in [0.25, 0.3) is 0 Å². The molecule has 11 heteroatoms. The molecule has 0 aliphatic heterocycles. The second-order valence-corrected chi connectivity index (χ2v) is 30.8. The van der Waals surface area contributed by atoms with Crippen LogP contribution >= 0.6 is 31.9 Å². The molecule has 0 fully saturated rings. The van der Waals surface area contributed by atoms with Gasteiger partial charge in [-0.2, -0.15) is 8.42 Å². The van der Waals surface area contributed by atoms with Crippen LogP contribution in [-0.4, -0.2) is 55.6 Å². The van der Waals surface area contributed by atoms with E-state index in [4.69, 9.17) is 13.0 Å². The first-order chi connectivity index (χ1) is 30.2. The van der Waals surface area contributed by atoms with Crippen LogP contribution in [0.3, 0.4) is 0 Å². The SMILES string of the molecule is C=C(Br)C[C@@H](CCCO[Si](c1ccccc1)(c1ccccc1)C(C)(C)C)OS(=O)(=O)c1ccc(C)cc1.C=C(Br)C[C@H](O)CCCO[Si](c1ccccc1)(c1ccccc1)C(C)(C)C. The van der Waals surface area contributed by atoms with Crippen molar-refractivity contribution in [2.75, 3.05) is 13.2 Å². The van der Waals surface area contributed by atoms with Crippen molar-refractivity contribution in [2.45, 2.75) is 114 Å². The van der Waals surface area contributed by atoms with Crippen molar-refractivity contribution in [3.05, 3.63) is 173 Å². The van der Waals surface area contributed by atoms with Gasteiger partial charge in [-0.1, -0.05) is 226 Å². The molecule has 5 aromatic carbocycles. The summed E-state index contributed by atoms with van der Waals surface area (Å²) in [6.07, 6.45) is 2.77. The van der Waals surface area contributed by atoms with E-state index in [2.05, 4.69) is 196 Å². The van der Waals surface area contributed by atoms with Gasteiger partial charge in [0.1, 0.15) is 0 Å². The number of aliphatic hydroxyl groups excluding tert-OH is 1. The van der Waals surface area contributed by atoms with Gasteiger partial charge in [-0.15, -0.1) is 0 Å². The lowest BCUT2D eigenvalue weighted by Gasteiger charge is -2.43. The Morgan fingerprint density at radius 1 is 0.578 bits per heavy atom. The predicted molar refractivity (Wildman–Crippen MR) is 280 cm³/mol. The first-order valence-electron chi connectivity index (χ1n) is 22.1. The molecule has 0 amide bonds. The fraction of sp³-hybridized carbons (Fsp3) is 0.358. The van der Waals surface area contributed by atoms with Crippen LogP contribution in [0.5, 0.6) is 0 Å². The summed E-state index contributed by atoms with van der Waals surface area (Å²) in [5.74, 6) is 0. The highest BCUT2D eigenvalue weighted by Gasteiger charge is 2.51. The fourth-order valence-electron chi connectivity index (χ4n) is 8.33. The molecule has 0 radical (unpaired) electrons. The summed E-state index contributed by atoms with van der Waals surface area (Å²) in [5.41, 5.74) is 0.991. The molecule has 0 bridgehead atoms. The van der Waals surface area contributed by atoms with E-state index in [0.29, 0.717) is 49.8 Å². The molecule has 6 nitrogen and oxygen atoms in total. The second kappa shape index (κ2) is 24.5. The lowest BCUT2D eigenvalue weighted by molar-refractivity contribution is 0.153. The average molecular weight is 1050 g/mol. The van der Waals surface area contributed by atoms with Crippen LogP contribution in [0, 0.1) is 6.92 Å². The largest absolute Gasteiger partial charge is 0.407 e. The Kier molecular flexibility index (Phi) is 20.4. The van der Waals surface area contributed by atoms with E-state index < -0.39 is 32.9 Å². The fourth-order valence-corrected chi connectivity index (χ4v) is 19.4. The van der Waals surface area contributed by atoms with E-state index in [1.807, 2.05) is 19.1 Å². The molecule has 64 heavy (non-hydrogen) atoms. The summed E-state index contributed by atoms with van der Waals surface area (Å²) in [6, 6.07) is 49.0. The zero-order chi connectivity index (χ0) is 47.0. The summed E-state index contributed by atoms with van der Waals surface area (Å²) in [7, 11) is -9.00. The van der Waals surface area contributed by atoms with E-state index in [1.54, 1.807) is 24.3 Å². The maximum atomic E-state index is 12.9. The van der Waals surface area contributed by atoms with Crippen LogP contribution in [-0.2, 0) is 23.2 Å². The summed E-state index contributed by atoms with van der Waals surface area (Å²) >= 11 is 6.71.